The number of nitrogens with zero attached hydrogens (tertiary/aromatic N) is 2. The highest BCUT2D eigenvalue weighted by Crippen LogP contribution is 2.27. The van der Waals surface area contributed by atoms with Gasteiger partial charge in [0, 0.05) is 18.2 Å². The van der Waals surface area contributed by atoms with Crippen LogP contribution < -0.4 is 11.4 Å². The van der Waals surface area contributed by atoms with Gasteiger partial charge in [0.15, 0.2) is 6.23 Å². The number of aliphatic hydroxyl groups is 2. The quantitative estimate of drug-likeness (QED) is 0.641. The van der Waals surface area contributed by atoms with E-state index in [1.165, 1.54) is 4.57 Å². The van der Waals surface area contributed by atoms with E-state index < -0.39 is 24.1 Å². The van der Waals surface area contributed by atoms with Gasteiger partial charge < -0.3 is 20.7 Å². The van der Waals surface area contributed by atoms with Gasteiger partial charge in [-0.05, 0) is 6.42 Å². The van der Waals surface area contributed by atoms with Crippen LogP contribution in [0, 0.1) is 0 Å². The van der Waals surface area contributed by atoms with Gasteiger partial charge in [0.05, 0.1) is 12.7 Å². The first-order valence-electron chi connectivity index (χ1n) is 5.88. The van der Waals surface area contributed by atoms with Crippen molar-refractivity contribution in [3.8, 4) is 0 Å². The van der Waals surface area contributed by atoms with E-state index in [1.54, 1.807) is 6.20 Å². The number of hydrogen-bond acceptors (Lipinski definition) is 6. The van der Waals surface area contributed by atoms with Gasteiger partial charge in [0.2, 0.25) is 0 Å². The predicted molar refractivity (Wildman–Crippen MR) is 63.9 cm³/mol. The van der Waals surface area contributed by atoms with Crippen molar-refractivity contribution < 1.29 is 14.9 Å². The fourth-order valence-corrected chi connectivity index (χ4v) is 2.07. The topological polar surface area (TPSA) is 111 Å². The summed E-state index contributed by atoms with van der Waals surface area (Å²) in [6.45, 7) is 1.70. The van der Waals surface area contributed by atoms with Crippen molar-refractivity contribution in [1.82, 2.24) is 9.55 Å². The number of nitrogen functional groups attached to an aromatic ring is 1. The lowest BCUT2D eigenvalue weighted by atomic mass is 10.2. The Morgan fingerprint density at radius 3 is 2.94 bits per heavy atom. The normalized spacial score (nSPS) is 27.6. The monoisotopic (exact) mass is 255 g/mol. The molecule has 0 radical (unpaired) electrons. The van der Waals surface area contributed by atoms with Crippen molar-refractivity contribution in [3.05, 3.63) is 22.2 Å². The lowest BCUT2D eigenvalue weighted by Crippen LogP contribution is -2.32. The Labute approximate surface area is 104 Å². The van der Waals surface area contributed by atoms with E-state index in [9.17, 15) is 9.90 Å². The molecule has 0 amide bonds. The van der Waals surface area contributed by atoms with E-state index in [0.29, 0.717) is 12.8 Å². The molecular formula is C11H17N3O4. The molecule has 3 atom stereocenters. The summed E-state index contributed by atoms with van der Waals surface area (Å²) in [7, 11) is 0. The van der Waals surface area contributed by atoms with Crippen molar-refractivity contribution in [2.24, 2.45) is 0 Å². The van der Waals surface area contributed by atoms with Crippen LogP contribution in [0.1, 0.15) is 25.1 Å². The first-order valence-corrected chi connectivity index (χ1v) is 5.88. The smallest absolute Gasteiger partial charge is 0.351 e. The summed E-state index contributed by atoms with van der Waals surface area (Å²) in [5.74, 6) is 0.199. The molecule has 0 aliphatic carbocycles. The molecule has 7 nitrogen and oxygen atoms in total. The molecule has 18 heavy (non-hydrogen) atoms. The molecule has 1 saturated heterocycles. The number of anilines is 1. The van der Waals surface area contributed by atoms with E-state index in [4.69, 9.17) is 15.6 Å². The zero-order valence-corrected chi connectivity index (χ0v) is 10.1. The summed E-state index contributed by atoms with van der Waals surface area (Å²) in [6, 6.07) is 0. The second-order valence-electron chi connectivity index (χ2n) is 4.33. The number of hydrogen-bond donors (Lipinski definition) is 3. The van der Waals surface area contributed by atoms with Crippen LogP contribution in [0.2, 0.25) is 0 Å². The molecule has 1 aliphatic rings. The van der Waals surface area contributed by atoms with Gasteiger partial charge in [0.25, 0.3) is 0 Å². The third-order valence-corrected chi connectivity index (χ3v) is 3.09. The van der Waals surface area contributed by atoms with Crippen LogP contribution in [-0.4, -0.2) is 38.6 Å². The van der Waals surface area contributed by atoms with E-state index in [0.717, 1.165) is 5.56 Å². The standard InChI is InChI=1S/C11H17N3O4/c1-2-6-4-14(11(17)13-9(6)12)10-8(16)3-7(5-15)18-10/h4,7-8,10,15-16H,2-3,5H2,1H3,(H2,12,13,17)/t7-,8?,10+/m0/s1. The maximum Gasteiger partial charge on any atom is 0.351 e. The summed E-state index contributed by atoms with van der Waals surface area (Å²) in [4.78, 5) is 15.5. The van der Waals surface area contributed by atoms with Crippen LogP contribution in [0.25, 0.3) is 0 Å². The highest BCUT2D eigenvalue weighted by Gasteiger charge is 2.35. The maximum atomic E-state index is 11.8. The van der Waals surface area contributed by atoms with E-state index >= 15 is 0 Å². The predicted octanol–water partition coefficient (Wildman–Crippen LogP) is -0.971. The van der Waals surface area contributed by atoms with Gasteiger partial charge in [-0.25, -0.2) is 4.79 Å². The molecule has 4 N–H and O–H groups in total. The molecule has 1 aromatic heterocycles. The molecule has 0 bridgehead atoms. The molecule has 1 fully saturated rings. The van der Waals surface area contributed by atoms with Crippen molar-refractivity contribution in [2.75, 3.05) is 12.3 Å². The zero-order chi connectivity index (χ0) is 13.3. The Balaban J connectivity index is 2.36. The molecule has 2 rings (SSSR count). The Kier molecular flexibility index (Phi) is 3.65. The zero-order valence-electron chi connectivity index (χ0n) is 10.1. The molecule has 0 spiro atoms. The molecule has 7 heteroatoms. The molecule has 0 saturated carbocycles. The number of aryl methyl sites for hydroxylation is 1. The summed E-state index contributed by atoms with van der Waals surface area (Å²) in [5.41, 5.74) is 5.78. The second kappa shape index (κ2) is 5.05. The van der Waals surface area contributed by atoms with Crippen LogP contribution in [-0.2, 0) is 11.2 Å². The Hall–Kier alpha value is -1.44. The number of ether oxygens (including phenoxy) is 1. The summed E-state index contributed by atoms with van der Waals surface area (Å²) in [5, 5.41) is 18.8. The number of rotatable bonds is 3. The summed E-state index contributed by atoms with van der Waals surface area (Å²) >= 11 is 0. The van der Waals surface area contributed by atoms with Crippen molar-refractivity contribution in [2.45, 2.75) is 38.2 Å². The van der Waals surface area contributed by atoms with Crippen LogP contribution >= 0.6 is 0 Å². The minimum Gasteiger partial charge on any atom is -0.394 e. The van der Waals surface area contributed by atoms with Gasteiger partial charge in [-0.15, -0.1) is 0 Å². The van der Waals surface area contributed by atoms with E-state index in [1.807, 2.05) is 6.92 Å². The van der Waals surface area contributed by atoms with Crippen LogP contribution in [0.15, 0.2) is 11.0 Å². The molecule has 2 heterocycles. The van der Waals surface area contributed by atoms with Gasteiger partial charge in [-0.1, -0.05) is 6.92 Å². The van der Waals surface area contributed by atoms with Crippen LogP contribution in [0.3, 0.4) is 0 Å². The van der Waals surface area contributed by atoms with Crippen LogP contribution in [0.5, 0.6) is 0 Å². The Morgan fingerprint density at radius 1 is 1.67 bits per heavy atom. The summed E-state index contributed by atoms with van der Waals surface area (Å²) < 4.78 is 6.64. The van der Waals surface area contributed by atoms with Crippen molar-refractivity contribution in [3.63, 3.8) is 0 Å². The minimum atomic E-state index is -0.838. The third-order valence-electron chi connectivity index (χ3n) is 3.09. The first-order chi connectivity index (χ1) is 8.56. The van der Waals surface area contributed by atoms with Gasteiger partial charge >= 0.3 is 5.69 Å². The fraction of sp³-hybridized carbons (Fsp3) is 0.636. The SMILES string of the molecule is CCc1cn([C@@H]2O[C@H](CO)CC2O)c(=O)nc1N. The molecule has 0 aromatic carbocycles. The maximum absolute atomic E-state index is 11.8. The van der Waals surface area contributed by atoms with E-state index in [-0.39, 0.29) is 12.4 Å². The van der Waals surface area contributed by atoms with Gasteiger partial charge in [-0.2, -0.15) is 4.98 Å². The average molecular weight is 255 g/mol. The van der Waals surface area contributed by atoms with Crippen molar-refractivity contribution in [1.29, 1.82) is 0 Å². The van der Waals surface area contributed by atoms with Gasteiger partial charge in [-0.3, -0.25) is 4.57 Å². The largest absolute Gasteiger partial charge is 0.394 e. The molecule has 1 aromatic rings. The average Bonchev–Trinajstić information content (AvgIpc) is 2.71. The molecular weight excluding hydrogens is 238 g/mol. The highest BCUT2D eigenvalue weighted by atomic mass is 16.5. The lowest BCUT2D eigenvalue weighted by Gasteiger charge is -2.18. The van der Waals surface area contributed by atoms with Crippen molar-refractivity contribution >= 4 is 5.82 Å². The first kappa shape index (κ1) is 13.0. The lowest BCUT2D eigenvalue weighted by molar-refractivity contribution is -0.0530. The van der Waals surface area contributed by atoms with Gasteiger partial charge in [0.1, 0.15) is 11.9 Å². The third kappa shape index (κ3) is 2.24. The van der Waals surface area contributed by atoms with E-state index in [2.05, 4.69) is 4.98 Å². The van der Waals surface area contributed by atoms with Crippen LogP contribution in [0.4, 0.5) is 5.82 Å². The summed E-state index contributed by atoms with van der Waals surface area (Å²) in [6.07, 6.45) is 0.367. The fourth-order valence-electron chi connectivity index (χ4n) is 2.07. The number of aromatic nitrogens is 2. The Bertz CT molecular complexity index is 488. The minimum absolute atomic E-state index is 0.189. The second-order valence-corrected chi connectivity index (χ2v) is 4.33. The molecule has 100 valence electrons. The number of nitrogens with two attached hydrogens (primary N) is 1. The highest BCUT2D eigenvalue weighted by molar-refractivity contribution is 5.36. The number of aliphatic hydroxyl groups excluding tert-OH is 2. The molecule has 1 aliphatic heterocycles. The molecule has 1 unspecified atom stereocenters. The Morgan fingerprint density at radius 2 is 2.39 bits per heavy atom.